The molecule has 0 radical (unpaired) electrons. The highest BCUT2D eigenvalue weighted by Crippen LogP contribution is 2.30. The van der Waals surface area contributed by atoms with Crippen LogP contribution in [0.2, 0.25) is 0 Å². The Bertz CT molecular complexity index is 879. The van der Waals surface area contributed by atoms with Gasteiger partial charge in [0, 0.05) is 62.2 Å². The zero-order chi connectivity index (χ0) is 22.2. The number of rotatable bonds is 8. The maximum absolute atomic E-state index is 12.6. The van der Waals surface area contributed by atoms with Gasteiger partial charge in [0.1, 0.15) is 17.2 Å². The molecule has 1 atom stereocenters. The smallest absolute Gasteiger partial charge is 0.387 e. The van der Waals surface area contributed by atoms with Gasteiger partial charge in [0.25, 0.3) is 0 Å². The third-order valence-electron chi connectivity index (χ3n) is 5.09. The van der Waals surface area contributed by atoms with Gasteiger partial charge in [-0.2, -0.15) is 8.78 Å². The highest BCUT2D eigenvalue weighted by Gasteiger charge is 2.24. The molecular weight excluding hydrogens is 533 g/mol. The van der Waals surface area contributed by atoms with Crippen molar-refractivity contribution in [1.82, 2.24) is 10.6 Å². The molecule has 0 amide bonds. The van der Waals surface area contributed by atoms with Crippen LogP contribution in [-0.2, 0) is 6.54 Å². The summed E-state index contributed by atoms with van der Waals surface area (Å²) in [5.41, 5.74) is 1.66. The summed E-state index contributed by atoms with van der Waals surface area (Å²) in [6.07, 6.45) is 0.922. The lowest BCUT2D eigenvalue weighted by Crippen LogP contribution is -2.44. The number of nitrogens with zero attached hydrogens (tertiary/aromatic N) is 2. The van der Waals surface area contributed by atoms with Crippen molar-refractivity contribution in [3.05, 3.63) is 48.0 Å². The van der Waals surface area contributed by atoms with Crippen molar-refractivity contribution in [2.45, 2.75) is 25.6 Å². The van der Waals surface area contributed by atoms with Crippen LogP contribution in [0.1, 0.15) is 12.0 Å². The standard InChI is InChI=1S/C22H28F2N4O3.HI/c1-25-22(26-13-15-6-4-5-7-20(15)31-21(23)24)27-16-8-9-28(14-16)17-10-18(29-2)12-19(11-17)30-3;/h4-7,10-12,16,21H,8-9,13-14H2,1-3H3,(H2,25,26,27);1H. The van der Waals surface area contributed by atoms with E-state index in [0.29, 0.717) is 18.1 Å². The summed E-state index contributed by atoms with van der Waals surface area (Å²) >= 11 is 0. The molecule has 1 heterocycles. The number of alkyl halides is 2. The second kappa shape index (κ2) is 12.5. The maximum atomic E-state index is 12.6. The molecule has 1 unspecified atom stereocenters. The van der Waals surface area contributed by atoms with E-state index >= 15 is 0 Å². The number of para-hydroxylation sites is 1. The van der Waals surface area contributed by atoms with Crippen molar-refractivity contribution >= 4 is 35.6 Å². The Morgan fingerprint density at radius 1 is 1.16 bits per heavy atom. The number of nitrogens with one attached hydrogen (secondary N) is 2. The van der Waals surface area contributed by atoms with Crippen LogP contribution in [-0.4, -0.2) is 53.0 Å². The third-order valence-corrected chi connectivity index (χ3v) is 5.09. The minimum atomic E-state index is -2.86. The van der Waals surface area contributed by atoms with Crippen LogP contribution in [0, 0.1) is 0 Å². The molecule has 10 heteroatoms. The van der Waals surface area contributed by atoms with Gasteiger partial charge in [-0.15, -0.1) is 24.0 Å². The van der Waals surface area contributed by atoms with E-state index in [0.717, 1.165) is 36.7 Å². The first kappa shape index (κ1) is 25.8. The average Bonchev–Trinajstić information content (AvgIpc) is 3.25. The summed E-state index contributed by atoms with van der Waals surface area (Å²) in [6, 6.07) is 12.7. The highest BCUT2D eigenvalue weighted by molar-refractivity contribution is 14.0. The zero-order valence-corrected chi connectivity index (χ0v) is 20.6. The first-order valence-electron chi connectivity index (χ1n) is 10.00. The van der Waals surface area contributed by atoms with Crippen LogP contribution in [0.15, 0.2) is 47.5 Å². The second-order valence-electron chi connectivity index (χ2n) is 7.06. The maximum Gasteiger partial charge on any atom is 0.387 e. The zero-order valence-electron chi connectivity index (χ0n) is 18.3. The van der Waals surface area contributed by atoms with E-state index in [1.54, 1.807) is 39.5 Å². The normalized spacial score (nSPS) is 15.9. The molecule has 32 heavy (non-hydrogen) atoms. The van der Waals surface area contributed by atoms with Crippen molar-refractivity contribution in [3.8, 4) is 17.2 Å². The number of benzene rings is 2. The lowest BCUT2D eigenvalue weighted by molar-refractivity contribution is -0.0504. The average molecular weight is 562 g/mol. The molecular formula is C22H29F2IN4O3. The van der Waals surface area contributed by atoms with Crippen LogP contribution >= 0.6 is 24.0 Å². The molecule has 0 spiro atoms. The SMILES string of the molecule is CN=C(NCc1ccccc1OC(F)F)NC1CCN(c2cc(OC)cc(OC)c2)C1.I. The van der Waals surface area contributed by atoms with Gasteiger partial charge in [-0.05, 0) is 12.5 Å². The van der Waals surface area contributed by atoms with E-state index in [2.05, 4.69) is 25.3 Å². The molecule has 2 aromatic carbocycles. The Balaban J connectivity index is 0.00000363. The van der Waals surface area contributed by atoms with E-state index in [1.807, 2.05) is 18.2 Å². The van der Waals surface area contributed by atoms with Gasteiger partial charge in [-0.1, -0.05) is 18.2 Å². The topological polar surface area (TPSA) is 67.4 Å². The molecule has 1 aliphatic heterocycles. The fraction of sp³-hybridized carbons (Fsp3) is 0.409. The Labute approximate surface area is 204 Å². The van der Waals surface area contributed by atoms with Crippen molar-refractivity contribution in [2.75, 3.05) is 39.3 Å². The van der Waals surface area contributed by atoms with E-state index in [-0.39, 0.29) is 35.8 Å². The van der Waals surface area contributed by atoms with Crippen LogP contribution in [0.5, 0.6) is 17.2 Å². The summed E-state index contributed by atoms with van der Waals surface area (Å²) in [5, 5.41) is 6.57. The monoisotopic (exact) mass is 562 g/mol. The van der Waals surface area contributed by atoms with Crippen LogP contribution in [0.4, 0.5) is 14.5 Å². The van der Waals surface area contributed by atoms with E-state index < -0.39 is 6.61 Å². The van der Waals surface area contributed by atoms with Gasteiger partial charge in [0.2, 0.25) is 0 Å². The van der Waals surface area contributed by atoms with Crippen LogP contribution in [0.3, 0.4) is 0 Å². The molecule has 176 valence electrons. The summed E-state index contributed by atoms with van der Waals surface area (Å²) in [6.45, 7) is -0.900. The number of methoxy groups -OCH3 is 2. The van der Waals surface area contributed by atoms with Gasteiger partial charge in [-0.25, -0.2) is 0 Å². The summed E-state index contributed by atoms with van der Waals surface area (Å²) in [7, 11) is 4.94. The lowest BCUT2D eigenvalue weighted by atomic mass is 10.2. The molecule has 2 aromatic rings. The number of ether oxygens (including phenoxy) is 3. The van der Waals surface area contributed by atoms with E-state index in [1.165, 1.54) is 6.07 Å². The fourth-order valence-electron chi connectivity index (χ4n) is 3.52. The Morgan fingerprint density at radius 2 is 1.84 bits per heavy atom. The number of hydrogen-bond donors (Lipinski definition) is 2. The molecule has 7 nitrogen and oxygen atoms in total. The van der Waals surface area contributed by atoms with Gasteiger partial charge in [0.05, 0.1) is 14.2 Å². The predicted molar refractivity (Wildman–Crippen MR) is 132 cm³/mol. The minimum absolute atomic E-state index is 0. The number of halogens is 3. The largest absolute Gasteiger partial charge is 0.497 e. The summed E-state index contributed by atoms with van der Waals surface area (Å²) < 4.78 is 40.5. The number of aliphatic imine (C=N–C) groups is 1. The van der Waals surface area contributed by atoms with Crippen LogP contribution in [0.25, 0.3) is 0 Å². The quantitative estimate of drug-likeness (QED) is 0.290. The highest BCUT2D eigenvalue weighted by atomic mass is 127. The van der Waals surface area contributed by atoms with E-state index in [4.69, 9.17) is 9.47 Å². The fourth-order valence-corrected chi connectivity index (χ4v) is 3.52. The minimum Gasteiger partial charge on any atom is -0.497 e. The molecule has 3 rings (SSSR count). The van der Waals surface area contributed by atoms with Gasteiger partial charge in [0.15, 0.2) is 5.96 Å². The van der Waals surface area contributed by atoms with Gasteiger partial charge < -0.3 is 29.7 Å². The summed E-state index contributed by atoms with van der Waals surface area (Å²) in [4.78, 5) is 6.51. The number of hydrogen-bond acceptors (Lipinski definition) is 5. The number of anilines is 1. The molecule has 0 bridgehead atoms. The Hall–Kier alpha value is -2.50. The molecule has 0 aromatic heterocycles. The van der Waals surface area contributed by atoms with Crippen molar-refractivity contribution in [1.29, 1.82) is 0 Å². The molecule has 0 saturated carbocycles. The molecule has 1 aliphatic rings. The van der Waals surface area contributed by atoms with Crippen molar-refractivity contribution < 1.29 is 23.0 Å². The molecule has 0 aliphatic carbocycles. The predicted octanol–water partition coefficient (Wildman–Crippen LogP) is 3.87. The van der Waals surface area contributed by atoms with Crippen LogP contribution < -0.4 is 29.7 Å². The second-order valence-corrected chi connectivity index (χ2v) is 7.06. The number of guanidine groups is 1. The molecule has 1 saturated heterocycles. The molecule has 2 N–H and O–H groups in total. The van der Waals surface area contributed by atoms with Gasteiger partial charge in [-0.3, -0.25) is 4.99 Å². The van der Waals surface area contributed by atoms with E-state index in [9.17, 15) is 8.78 Å². The Kier molecular flexibility index (Phi) is 10.1. The van der Waals surface area contributed by atoms with Gasteiger partial charge >= 0.3 is 6.61 Å². The molecule has 1 fully saturated rings. The first-order valence-corrected chi connectivity index (χ1v) is 10.00. The van der Waals surface area contributed by atoms with Crippen molar-refractivity contribution in [3.63, 3.8) is 0 Å². The first-order chi connectivity index (χ1) is 15.0. The summed E-state index contributed by atoms with van der Waals surface area (Å²) in [5.74, 6) is 2.24. The lowest BCUT2D eigenvalue weighted by Gasteiger charge is -2.21. The third kappa shape index (κ3) is 7.01. The van der Waals surface area contributed by atoms with Crippen molar-refractivity contribution in [2.24, 2.45) is 4.99 Å². The Morgan fingerprint density at radius 3 is 2.47 bits per heavy atom.